The van der Waals surface area contributed by atoms with Crippen LogP contribution >= 0.6 is 0 Å². The van der Waals surface area contributed by atoms with Crippen molar-refractivity contribution in [3.8, 4) is 5.75 Å². The van der Waals surface area contributed by atoms with Crippen LogP contribution in [-0.2, 0) is 13.6 Å². The van der Waals surface area contributed by atoms with Crippen LogP contribution in [0.25, 0.3) is 10.9 Å². The van der Waals surface area contributed by atoms with Crippen molar-refractivity contribution in [3.05, 3.63) is 59.3 Å². The number of amides is 1. The van der Waals surface area contributed by atoms with Crippen molar-refractivity contribution in [2.24, 2.45) is 7.05 Å². The lowest BCUT2D eigenvalue weighted by atomic mass is 10.1. The van der Waals surface area contributed by atoms with Crippen LogP contribution in [0, 0.1) is 6.92 Å². The Morgan fingerprint density at radius 2 is 1.96 bits per heavy atom. The summed E-state index contributed by atoms with van der Waals surface area (Å²) in [5.74, 6) is 0.750. The van der Waals surface area contributed by atoms with Gasteiger partial charge in [-0.25, -0.2) is 0 Å². The van der Waals surface area contributed by atoms with Crippen LogP contribution in [0.2, 0.25) is 0 Å². The molecule has 116 valence electrons. The number of hydrogen-bond donors (Lipinski definition) is 0. The highest BCUT2D eigenvalue weighted by Crippen LogP contribution is 2.33. The molecule has 2 heterocycles. The van der Waals surface area contributed by atoms with Gasteiger partial charge in [0, 0.05) is 35.4 Å². The van der Waals surface area contributed by atoms with Gasteiger partial charge >= 0.3 is 0 Å². The number of ether oxygens (including phenoxy) is 1. The molecule has 4 nitrogen and oxygen atoms in total. The molecule has 0 unspecified atom stereocenters. The molecule has 4 heteroatoms. The number of carbonyl (C=O) groups excluding carboxylic acids is 1. The summed E-state index contributed by atoms with van der Waals surface area (Å²) >= 11 is 0. The maximum atomic E-state index is 12.8. The largest absolute Gasteiger partial charge is 0.497 e. The number of anilines is 1. The fraction of sp³-hybridized carbons (Fsp3) is 0.211. The Labute approximate surface area is 134 Å². The molecule has 0 fully saturated rings. The van der Waals surface area contributed by atoms with Crippen LogP contribution in [0.5, 0.6) is 5.75 Å². The van der Waals surface area contributed by atoms with E-state index in [1.54, 1.807) is 7.11 Å². The third-order valence-electron chi connectivity index (χ3n) is 4.60. The Hall–Kier alpha value is -2.75. The number of nitrogens with zero attached hydrogens (tertiary/aromatic N) is 2. The molecule has 0 radical (unpaired) electrons. The van der Waals surface area contributed by atoms with E-state index < -0.39 is 0 Å². The summed E-state index contributed by atoms with van der Waals surface area (Å²) in [6.45, 7) is 2.70. The molecule has 0 N–H and O–H groups in total. The molecule has 23 heavy (non-hydrogen) atoms. The molecule has 1 amide bonds. The Balaban J connectivity index is 1.77. The van der Waals surface area contributed by atoms with Crippen molar-refractivity contribution in [2.75, 3.05) is 12.0 Å². The zero-order chi connectivity index (χ0) is 16.1. The van der Waals surface area contributed by atoms with Crippen molar-refractivity contribution in [3.63, 3.8) is 0 Å². The number of rotatable bonds is 2. The molecule has 0 atom stereocenters. The standard InChI is InChI=1S/C19H18N2O2/c1-12-10-20(2)18-7-5-14(8-16(12)18)21-11-13-4-6-15(23-3)9-17(13)19(21)22/h4-10H,11H2,1-3H3. The molecule has 0 saturated carbocycles. The molecule has 0 aliphatic carbocycles. The maximum absolute atomic E-state index is 12.8. The molecule has 0 saturated heterocycles. The van der Waals surface area contributed by atoms with Crippen molar-refractivity contribution in [1.29, 1.82) is 0 Å². The molecule has 0 bridgehead atoms. The second kappa shape index (κ2) is 4.88. The van der Waals surface area contributed by atoms with Crippen molar-refractivity contribution in [1.82, 2.24) is 4.57 Å². The molecule has 1 aliphatic heterocycles. The van der Waals surface area contributed by atoms with Crippen molar-refractivity contribution < 1.29 is 9.53 Å². The highest BCUT2D eigenvalue weighted by molar-refractivity contribution is 6.11. The summed E-state index contributed by atoms with van der Waals surface area (Å²) in [6, 6.07) is 11.9. The van der Waals surface area contributed by atoms with Crippen LogP contribution in [0.15, 0.2) is 42.6 Å². The summed E-state index contributed by atoms with van der Waals surface area (Å²) in [4.78, 5) is 14.6. The lowest BCUT2D eigenvalue weighted by molar-refractivity contribution is 0.0996. The summed E-state index contributed by atoms with van der Waals surface area (Å²) in [5.41, 5.74) is 5.11. The maximum Gasteiger partial charge on any atom is 0.259 e. The fourth-order valence-corrected chi connectivity index (χ4v) is 3.36. The Kier molecular flexibility index (Phi) is 2.94. The summed E-state index contributed by atoms with van der Waals surface area (Å²) in [6.07, 6.45) is 2.11. The van der Waals surface area contributed by atoms with Crippen molar-refractivity contribution >= 4 is 22.5 Å². The van der Waals surface area contributed by atoms with E-state index in [0.29, 0.717) is 12.3 Å². The molecule has 4 rings (SSSR count). The van der Waals surface area contributed by atoms with Crippen molar-refractivity contribution in [2.45, 2.75) is 13.5 Å². The van der Waals surface area contributed by atoms with Crippen LogP contribution < -0.4 is 9.64 Å². The van der Waals surface area contributed by atoms with Gasteiger partial charge in [0.15, 0.2) is 0 Å². The van der Waals surface area contributed by atoms with Gasteiger partial charge in [-0.2, -0.15) is 0 Å². The summed E-state index contributed by atoms with van der Waals surface area (Å²) in [5, 5.41) is 1.19. The average molecular weight is 306 g/mol. The second-order valence-electron chi connectivity index (χ2n) is 6.04. The van der Waals surface area contributed by atoms with Gasteiger partial charge in [-0.1, -0.05) is 6.07 Å². The quantitative estimate of drug-likeness (QED) is 0.724. The van der Waals surface area contributed by atoms with Crippen LogP contribution in [0.4, 0.5) is 5.69 Å². The van der Waals surface area contributed by atoms with E-state index in [2.05, 4.69) is 29.8 Å². The second-order valence-corrected chi connectivity index (χ2v) is 6.04. The average Bonchev–Trinajstić information content (AvgIpc) is 3.04. The third-order valence-corrected chi connectivity index (χ3v) is 4.60. The fourth-order valence-electron chi connectivity index (χ4n) is 3.36. The summed E-state index contributed by atoms with van der Waals surface area (Å²) < 4.78 is 7.34. The highest BCUT2D eigenvalue weighted by atomic mass is 16.5. The molecule has 1 aliphatic rings. The van der Waals surface area contributed by atoms with E-state index >= 15 is 0 Å². The molecular weight excluding hydrogens is 288 g/mol. The lowest BCUT2D eigenvalue weighted by Gasteiger charge is -2.16. The van der Waals surface area contributed by atoms with E-state index in [1.165, 1.54) is 16.5 Å². The topological polar surface area (TPSA) is 34.5 Å². The van der Waals surface area contributed by atoms with E-state index in [1.807, 2.05) is 36.2 Å². The molecule has 0 spiro atoms. The first kappa shape index (κ1) is 13.9. The zero-order valence-corrected chi connectivity index (χ0v) is 13.5. The number of aryl methyl sites for hydroxylation is 2. The van der Waals surface area contributed by atoms with Crippen LogP contribution in [0.1, 0.15) is 21.5 Å². The lowest BCUT2D eigenvalue weighted by Crippen LogP contribution is -2.22. The number of hydrogen-bond acceptors (Lipinski definition) is 2. The van der Waals surface area contributed by atoms with Gasteiger partial charge in [0.25, 0.3) is 5.91 Å². The predicted molar refractivity (Wildman–Crippen MR) is 91.2 cm³/mol. The number of fused-ring (bicyclic) bond motifs is 2. The number of aromatic nitrogens is 1. The smallest absolute Gasteiger partial charge is 0.259 e. The molecule has 2 aromatic carbocycles. The SMILES string of the molecule is COc1ccc2c(c1)C(=O)N(c1ccc3c(c1)c(C)cn3C)C2. The number of carbonyl (C=O) groups is 1. The first-order chi connectivity index (χ1) is 11.1. The highest BCUT2D eigenvalue weighted by Gasteiger charge is 2.29. The predicted octanol–water partition coefficient (Wildman–Crippen LogP) is 3.66. The van der Waals surface area contributed by atoms with Gasteiger partial charge in [0.2, 0.25) is 0 Å². The molecule has 3 aromatic rings. The van der Waals surface area contributed by atoms with E-state index in [4.69, 9.17) is 4.74 Å². The van der Waals surface area contributed by atoms with Gasteiger partial charge in [0.05, 0.1) is 13.7 Å². The van der Waals surface area contributed by atoms with Crippen LogP contribution in [-0.4, -0.2) is 17.6 Å². The first-order valence-electron chi connectivity index (χ1n) is 7.63. The van der Waals surface area contributed by atoms with Gasteiger partial charge in [-0.05, 0) is 48.4 Å². The minimum atomic E-state index is 0.0341. The van der Waals surface area contributed by atoms with E-state index in [0.717, 1.165) is 16.8 Å². The Bertz CT molecular complexity index is 940. The van der Waals surface area contributed by atoms with E-state index in [9.17, 15) is 4.79 Å². The zero-order valence-electron chi connectivity index (χ0n) is 13.5. The van der Waals surface area contributed by atoms with Gasteiger partial charge in [0.1, 0.15) is 5.75 Å². The van der Waals surface area contributed by atoms with Gasteiger partial charge in [-0.15, -0.1) is 0 Å². The van der Waals surface area contributed by atoms with E-state index in [-0.39, 0.29) is 5.91 Å². The molecular formula is C19H18N2O2. The minimum Gasteiger partial charge on any atom is -0.497 e. The first-order valence-corrected chi connectivity index (χ1v) is 7.63. The summed E-state index contributed by atoms with van der Waals surface area (Å²) in [7, 11) is 3.66. The number of methoxy groups -OCH3 is 1. The minimum absolute atomic E-state index is 0.0341. The normalized spacial score (nSPS) is 13.7. The van der Waals surface area contributed by atoms with Gasteiger partial charge in [-0.3, -0.25) is 4.79 Å². The Morgan fingerprint density at radius 1 is 1.13 bits per heavy atom. The van der Waals surface area contributed by atoms with Crippen LogP contribution in [0.3, 0.4) is 0 Å². The van der Waals surface area contributed by atoms with Gasteiger partial charge < -0.3 is 14.2 Å². The Morgan fingerprint density at radius 3 is 2.74 bits per heavy atom. The monoisotopic (exact) mass is 306 g/mol. The number of benzene rings is 2. The third kappa shape index (κ3) is 2.02. The molecule has 1 aromatic heterocycles.